The number of aliphatic hydroxyl groups is 1. The average Bonchev–Trinajstić information content (AvgIpc) is 2.97. The van der Waals surface area contributed by atoms with Crippen molar-refractivity contribution in [3.8, 4) is 0 Å². The van der Waals surface area contributed by atoms with Gasteiger partial charge in [-0.3, -0.25) is 9.69 Å². The Bertz CT molecular complexity index is 308. The Kier molecular flexibility index (Phi) is 5.81. The molecule has 5 heteroatoms. The van der Waals surface area contributed by atoms with Crippen LogP contribution in [0, 0.1) is 5.92 Å². The molecule has 2 N–H and O–H groups in total. The molecule has 0 aromatic rings. The minimum Gasteiger partial charge on any atom is -0.393 e. The summed E-state index contributed by atoms with van der Waals surface area (Å²) in [5, 5.41) is 12.6. The van der Waals surface area contributed by atoms with E-state index in [1.165, 1.54) is 0 Å². The van der Waals surface area contributed by atoms with E-state index in [0.29, 0.717) is 12.5 Å². The summed E-state index contributed by atoms with van der Waals surface area (Å²) in [5.41, 5.74) is 0. The van der Waals surface area contributed by atoms with Crippen molar-refractivity contribution in [2.24, 2.45) is 5.92 Å². The molecule has 0 radical (unpaired) electrons. The Morgan fingerprint density at radius 2 is 2.05 bits per heavy atom. The van der Waals surface area contributed by atoms with Gasteiger partial charge in [0, 0.05) is 13.2 Å². The van der Waals surface area contributed by atoms with Crippen molar-refractivity contribution in [1.29, 1.82) is 0 Å². The topological polar surface area (TPSA) is 61.8 Å². The summed E-state index contributed by atoms with van der Waals surface area (Å²) in [6.07, 6.45) is 4.06. The van der Waals surface area contributed by atoms with E-state index in [4.69, 9.17) is 4.74 Å². The first-order valence-electron chi connectivity index (χ1n) is 7.89. The van der Waals surface area contributed by atoms with E-state index in [1.807, 2.05) is 13.8 Å². The van der Waals surface area contributed by atoms with Crippen LogP contribution in [-0.2, 0) is 9.53 Å². The second-order valence-corrected chi connectivity index (χ2v) is 6.17. The molecule has 2 aliphatic rings. The summed E-state index contributed by atoms with van der Waals surface area (Å²) < 4.78 is 5.51. The molecule has 0 aromatic heterocycles. The third-order valence-corrected chi connectivity index (χ3v) is 4.71. The van der Waals surface area contributed by atoms with Gasteiger partial charge in [0.05, 0.1) is 18.2 Å². The van der Waals surface area contributed by atoms with E-state index in [-0.39, 0.29) is 24.2 Å². The number of hydrogen-bond donors (Lipinski definition) is 2. The molecule has 3 unspecified atom stereocenters. The normalized spacial score (nSPS) is 28.2. The lowest BCUT2D eigenvalue weighted by Gasteiger charge is -2.36. The highest BCUT2D eigenvalue weighted by Gasteiger charge is 2.28. The number of hydrogen-bond acceptors (Lipinski definition) is 4. The van der Waals surface area contributed by atoms with E-state index in [2.05, 4.69) is 10.2 Å². The molecular formula is C15H28N2O3. The number of piperidine rings is 1. The number of ether oxygens (including phenoxy) is 1. The lowest BCUT2D eigenvalue weighted by atomic mass is 9.91. The van der Waals surface area contributed by atoms with E-state index >= 15 is 0 Å². The predicted octanol–water partition coefficient (Wildman–Crippen LogP) is 0.763. The number of nitrogens with zero attached hydrogens (tertiary/aromatic N) is 1. The van der Waals surface area contributed by atoms with Gasteiger partial charge in [-0.15, -0.1) is 0 Å². The van der Waals surface area contributed by atoms with Gasteiger partial charge in [-0.1, -0.05) is 0 Å². The number of aliphatic hydroxyl groups excluding tert-OH is 1. The zero-order valence-corrected chi connectivity index (χ0v) is 12.7. The molecule has 3 atom stereocenters. The maximum absolute atomic E-state index is 12.2. The van der Waals surface area contributed by atoms with Crippen LogP contribution in [0.2, 0.25) is 0 Å². The molecular weight excluding hydrogens is 256 g/mol. The van der Waals surface area contributed by atoms with E-state index in [1.54, 1.807) is 0 Å². The lowest BCUT2D eigenvalue weighted by molar-refractivity contribution is -0.127. The van der Waals surface area contributed by atoms with E-state index in [0.717, 1.165) is 45.4 Å². The van der Waals surface area contributed by atoms with Crippen LogP contribution in [-0.4, -0.2) is 60.4 Å². The SMILES string of the molecule is CC(O)C1CCN(C(C)C(=O)NCC2CCCO2)CC1. The smallest absolute Gasteiger partial charge is 0.237 e. The molecule has 0 aromatic carbocycles. The average molecular weight is 284 g/mol. The van der Waals surface area contributed by atoms with Crippen LogP contribution in [0.5, 0.6) is 0 Å². The van der Waals surface area contributed by atoms with Crippen LogP contribution >= 0.6 is 0 Å². The van der Waals surface area contributed by atoms with Crippen molar-refractivity contribution in [3.05, 3.63) is 0 Å². The molecule has 2 rings (SSSR count). The highest BCUT2D eigenvalue weighted by atomic mass is 16.5. The van der Waals surface area contributed by atoms with Gasteiger partial charge in [-0.25, -0.2) is 0 Å². The molecule has 5 nitrogen and oxygen atoms in total. The van der Waals surface area contributed by atoms with Gasteiger partial charge in [0.2, 0.25) is 5.91 Å². The summed E-state index contributed by atoms with van der Waals surface area (Å²) in [7, 11) is 0. The quantitative estimate of drug-likeness (QED) is 0.782. The van der Waals surface area contributed by atoms with Gasteiger partial charge in [-0.05, 0) is 58.5 Å². The summed E-state index contributed by atoms with van der Waals surface area (Å²) >= 11 is 0. The highest BCUT2D eigenvalue weighted by Crippen LogP contribution is 2.22. The predicted molar refractivity (Wildman–Crippen MR) is 77.4 cm³/mol. The minimum absolute atomic E-state index is 0.0913. The molecule has 1 amide bonds. The van der Waals surface area contributed by atoms with Crippen LogP contribution in [0.25, 0.3) is 0 Å². The fraction of sp³-hybridized carbons (Fsp3) is 0.933. The number of rotatable bonds is 5. The van der Waals surface area contributed by atoms with Crippen molar-refractivity contribution < 1.29 is 14.6 Å². The van der Waals surface area contributed by atoms with Crippen molar-refractivity contribution >= 4 is 5.91 Å². The van der Waals surface area contributed by atoms with Crippen LogP contribution in [0.15, 0.2) is 0 Å². The summed E-state index contributed by atoms with van der Waals surface area (Å²) in [5.74, 6) is 0.476. The Hall–Kier alpha value is -0.650. The zero-order chi connectivity index (χ0) is 14.5. The molecule has 0 saturated carbocycles. The largest absolute Gasteiger partial charge is 0.393 e. The third kappa shape index (κ3) is 4.17. The van der Waals surface area contributed by atoms with Crippen molar-refractivity contribution in [2.75, 3.05) is 26.2 Å². The van der Waals surface area contributed by atoms with Gasteiger partial charge in [-0.2, -0.15) is 0 Å². The molecule has 2 heterocycles. The molecule has 0 spiro atoms. The number of likely N-dealkylation sites (tertiary alicyclic amines) is 1. The van der Waals surface area contributed by atoms with E-state index in [9.17, 15) is 9.90 Å². The summed E-state index contributed by atoms with van der Waals surface area (Å²) in [6, 6.07) is -0.0913. The van der Waals surface area contributed by atoms with Crippen molar-refractivity contribution in [2.45, 2.75) is 57.8 Å². The molecule has 2 saturated heterocycles. The summed E-state index contributed by atoms with van der Waals surface area (Å²) in [4.78, 5) is 14.4. The maximum atomic E-state index is 12.2. The summed E-state index contributed by atoms with van der Waals surface area (Å²) in [6.45, 7) is 7.07. The van der Waals surface area contributed by atoms with Crippen LogP contribution < -0.4 is 5.32 Å². The first kappa shape index (κ1) is 15.7. The Labute approximate surface area is 121 Å². The second kappa shape index (κ2) is 7.38. The molecule has 2 fully saturated rings. The molecule has 0 bridgehead atoms. The lowest BCUT2D eigenvalue weighted by Crippen LogP contribution is -2.50. The Morgan fingerprint density at radius 3 is 2.60 bits per heavy atom. The molecule has 2 aliphatic heterocycles. The van der Waals surface area contributed by atoms with Crippen LogP contribution in [0.1, 0.15) is 39.5 Å². The standard InChI is InChI=1S/C15H28N2O3/c1-11(15(19)16-10-14-4-3-9-20-14)17-7-5-13(6-8-17)12(2)18/h11-14,18H,3-10H2,1-2H3,(H,16,19). The van der Waals surface area contributed by atoms with Crippen molar-refractivity contribution in [1.82, 2.24) is 10.2 Å². The minimum atomic E-state index is -0.235. The molecule has 0 aliphatic carbocycles. The van der Waals surface area contributed by atoms with Gasteiger partial charge in [0.25, 0.3) is 0 Å². The number of amides is 1. The van der Waals surface area contributed by atoms with E-state index < -0.39 is 0 Å². The maximum Gasteiger partial charge on any atom is 0.237 e. The van der Waals surface area contributed by atoms with Gasteiger partial charge in [0.1, 0.15) is 0 Å². The van der Waals surface area contributed by atoms with Crippen molar-refractivity contribution in [3.63, 3.8) is 0 Å². The Morgan fingerprint density at radius 1 is 1.35 bits per heavy atom. The highest BCUT2D eigenvalue weighted by molar-refractivity contribution is 5.81. The molecule has 20 heavy (non-hydrogen) atoms. The van der Waals surface area contributed by atoms with Gasteiger partial charge >= 0.3 is 0 Å². The monoisotopic (exact) mass is 284 g/mol. The first-order chi connectivity index (χ1) is 9.58. The number of carbonyl (C=O) groups is 1. The van der Waals surface area contributed by atoms with Crippen LogP contribution in [0.4, 0.5) is 0 Å². The third-order valence-electron chi connectivity index (χ3n) is 4.71. The second-order valence-electron chi connectivity index (χ2n) is 6.17. The fourth-order valence-corrected chi connectivity index (χ4v) is 3.12. The Balaban J connectivity index is 1.70. The van der Waals surface area contributed by atoms with Gasteiger partial charge < -0.3 is 15.2 Å². The number of nitrogens with one attached hydrogen (secondary N) is 1. The molecule has 116 valence electrons. The fourth-order valence-electron chi connectivity index (χ4n) is 3.12. The van der Waals surface area contributed by atoms with Crippen LogP contribution in [0.3, 0.4) is 0 Å². The first-order valence-corrected chi connectivity index (χ1v) is 7.89. The van der Waals surface area contributed by atoms with Gasteiger partial charge in [0.15, 0.2) is 0 Å². The zero-order valence-electron chi connectivity index (χ0n) is 12.7. The number of carbonyl (C=O) groups excluding carboxylic acids is 1.